The van der Waals surface area contributed by atoms with Crippen molar-refractivity contribution in [3.8, 4) is 11.7 Å². The highest BCUT2D eigenvalue weighted by Crippen LogP contribution is 2.33. The molecule has 0 spiro atoms. The van der Waals surface area contributed by atoms with Crippen LogP contribution in [0, 0.1) is 22.9 Å². The fraction of sp³-hybridized carbons (Fsp3) is 0.265. The number of hydrogen-bond donors (Lipinski definition) is 0. The lowest BCUT2D eigenvalue weighted by atomic mass is 9.42. The van der Waals surface area contributed by atoms with Crippen molar-refractivity contribution in [2.24, 2.45) is 0 Å². The molecule has 1 aliphatic rings. The molecule has 0 saturated carbocycles. The number of halogens is 2. The first-order valence-electron chi connectivity index (χ1n) is 14.0. The Kier molecular flexibility index (Phi) is 10.8. The van der Waals surface area contributed by atoms with E-state index in [-0.39, 0.29) is 42.1 Å². The molecule has 0 bridgehead atoms. The van der Waals surface area contributed by atoms with Gasteiger partial charge in [-0.3, -0.25) is 0 Å². The highest BCUT2D eigenvalue weighted by molar-refractivity contribution is 6.67. The monoisotopic (exact) mass is 553 g/mol. The third-order valence-electron chi connectivity index (χ3n) is 7.05. The van der Waals surface area contributed by atoms with Gasteiger partial charge in [-0.2, -0.15) is 0 Å². The topological polar surface area (TPSA) is 51.5 Å². The molecule has 3 aromatic carbocycles. The molecular weight excluding hydrogens is 519 g/mol. The highest BCUT2D eigenvalue weighted by Gasteiger charge is 2.26. The maximum atomic E-state index is 15.6. The zero-order chi connectivity index (χ0) is 29.0. The molecule has 4 nitrogen and oxygen atoms in total. The summed E-state index contributed by atoms with van der Waals surface area (Å²) >= 11 is 0. The first-order chi connectivity index (χ1) is 20.0. The fourth-order valence-electron chi connectivity index (χ4n) is 4.71. The van der Waals surface area contributed by atoms with E-state index in [9.17, 15) is 0 Å². The van der Waals surface area contributed by atoms with Gasteiger partial charge >= 0.3 is 0 Å². The summed E-state index contributed by atoms with van der Waals surface area (Å²) in [6, 6.07) is 21.6. The van der Waals surface area contributed by atoms with Crippen LogP contribution < -0.4 is 4.74 Å². The molecule has 4 rings (SSSR count). The van der Waals surface area contributed by atoms with E-state index in [1.807, 2.05) is 67.6 Å². The molecule has 3 aromatic rings. The van der Waals surface area contributed by atoms with Crippen molar-refractivity contribution in [2.75, 3.05) is 0 Å². The van der Waals surface area contributed by atoms with Crippen LogP contribution in [0.15, 0.2) is 103 Å². The SMILES string of the molecule is C=C(OCc1ccccc1)/C(=C\C=C(/CC)OCc1ccccc1)c1c(F)cc(OC2CCB(C#N)CC2)cc1F. The number of benzene rings is 3. The second kappa shape index (κ2) is 14.9. The van der Waals surface area contributed by atoms with Crippen LogP contribution in [0.2, 0.25) is 12.6 Å². The summed E-state index contributed by atoms with van der Waals surface area (Å²) in [5.41, 5.74) is 1.84. The Balaban J connectivity index is 1.58. The predicted octanol–water partition coefficient (Wildman–Crippen LogP) is 8.69. The zero-order valence-electron chi connectivity index (χ0n) is 23.3. The Morgan fingerprint density at radius 1 is 0.927 bits per heavy atom. The van der Waals surface area contributed by atoms with Crippen molar-refractivity contribution >= 4 is 12.3 Å². The number of hydrogen-bond acceptors (Lipinski definition) is 4. The van der Waals surface area contributed by atoms with Gasteiger partial charge in [-0.25, -0.2) is 14.0 Å². The van der Waals surface area contributed by atoms with E-state index in [1.165, 1.54) is 12.1 Å². The Bertz CT molecular complexity index is 1390. The van der Waals surface area contributed by atoms with Crippen LogP contribution in [0.25, 0.3) is 5.57 Å². The Labute approximate surface area is 241 Å². The molecule has 1 fully saturated rings. The average Bonchev–Trinajstić information content (AvgIpc) is 3.00. The molecule has 1 aliphatic heterocycles. The van der Waals surface area contributed by atoms with Crippen LogP contribution in [-0.4, -0.2) is 12.8 Å². The van der Waals surface area contributed by atoms with Gasteiger partial charge in [-0.1, -0.05) is 86.8 Å². The van der Waals surface area contributed by atoms with Crippen LogP contribution in [0.4, 0.5) is 8.78 Å². The quantitative estimate of drug-likeness (QED) is 0.128. The van der Waals surface area contributed by atoms with Crippen LogP contribution in [0.5, 0.6) is 5.75 Å². The van der Waals surface area contributed by atoms with Crippen molar-refractivity contribution in [3.63, 3.8) is 0 Å². The minimum atomic E-state index is -0.780. The molecule has 0 atom stereocenters. The lowest BCUT2D eigenvalue weighted by Crippen LogP contribution is -2.27. The Morgan fingerprint density at radius 2 is 1.49 bits per heavy atom. The number of nitrogens with zero attached hydrogens (tertiary/aromatic N) is 1. The van der Waals surface area contributed by atoms with E-state index >= 15 is 8.78 Å². The number of ether oxygens (including phenoxy) is 3. The van der Waals surface area contributed by atoms with Crippen molar-refractivity contribution < 1.29 is 23.0 Å². The molecule has 0 amide bonds. The van der Waals surface area contributed by atoms with Crippen LogP contribution in [0.1, 0.15) is 42.9 Å². The molecule has 41 heavy (non-hydrogen) atoms. The average molecular weight is 553 g/mol. The van der Waals surface area contributed by atoms with Gasteiger partial charge in [0.25, 0.3) is 6.71 Å². The number of rotatable bonds is 12. The smallest absolute Gasteiger partial charge is 0.268 e. The van der Waals surface area contributed by atoms with Gasteiger partial charge in [0.2, 0.25) is 0 Å². The summed E-state index contributed by atoms with van der Waals surface area (Å²) in [7, 11) is 0. The Hall–Kier alpha value is -4.31. The van der Waals surface area contributed by atoms with Gasteiger partial charge in [0.15, 0.2) is 0 Å². The standard InChI is InChI=1S/C34H34BF2NO3/c1-3-28(40-23-27-12-8-5-9-13-27)14-15-31(25(2)39-22-26-10-6-4-7-11-26)34-32(36)20-30(21-33(34)37)41-29-16-18-35(24-38)19-17-29/h4-15,20-21,29H,2-3,16-19,22-23H2,1H3/b28-14+,31-15+. The summed E-state index contributed by atoms with van der Waals surface area (Å²) < 4.78 is 48.9. The second-order valence-corrected chi connectivity index (χ2v) is 10.0. The van der Waals surface area contributed by atoms with Crippen LogP contribution in [0.3, 0.4) is 0 Å². The van der Waals surface area contributed by atoms with E-state index in [4.69, 9.17) is 19.5 Å². The third kappa shape index (κ3) is 8.59. The molecule has 210 valence electrons. The maximum absolute atomic E-state index is 15.6. The van der Waals surface area contributed by atoms with E-state index in [0.717, 1.165) is 11.1 Å². The van der Waals surface area contributed by atoms with E-state index in [2.05, 4.69) is 12.5 Å². The van der Waals surface area contributed by atoms with E-state index in [0.29, 0.717) is 44.3 Å². The summed E-state index contributed by atoms with van der Waals surface area (Å²) in [6.45, 7) is 6.54. The molecular formula is C34H34BF2NO3. The third-order valence-corrected chi connectivity index (χ3v) is 7.05. The fourth-order valence-corrected chi connectivity index (χ4v) is 4.71. The van der Waals surface area contributed by atoms with Crippen molar-refractivity contribution in [1.82, 2.24) is 0 Å². The molecule has 1 heterocycles. The summed E-state index contributed by atoms with van der Waals surface area (Å²) in [5, 5.41) is 9.12. The van der Waals surface area contributed by atoms with Gasteiger partial charge in [0, 0.05) is 30.1 Å². The second-order valence-electron chi connectivity index (χ2n) is 10.0. The number of nitriles is 1. The Morgan fingerprint density at radius 3 is 2.02 bits per heavy atom. The van der Waals surface area contributed by atoms with E-state index in [1.54, 1.807) is 12.2 Å². The highest BCUT2D eigenvalue weighted by atomic mass is 19.1. The maximum Gasteiger partial charge on any atom is 0.268 e. The minimum absolute atomic E-state index is 0.0121. The molecule has 0 unspecified atom stereocenters. The molecule has 1 saturated heterocycles. The molecule has 0 radical (unpaired) electrons. The van der Waals surface area contributed by atoms with E-state index < -0.39 is 11.6 Å². The normalized spacial score (nSPS) is 14.3. The number of allylic oxidation sites excluding steroid dienone is 4. The van der Waals surface area contributed by atoms with Crippen LogP contribution >= 0.6 is 0 Å². The first kappa shape index (κ1) is 29.7. The van der Waals surface area contributed by atoms with Crippen molar-refractivity contribution in [1.29, 1.82) is 5.26 Å². The van der Waals surface area contributed by atoms with Crippen molar-refractivity contribution in [3.05, 3.63) is 131 Å². The first-order valence-corrected chi connectivity index (χ1v) is 14.0. The van der Waals surface area contributed by atoms with Gasteiger partial charge in [-0.05, 0) is 36.1 Å². The summed E-state index contributed by atoms with van der Waals surface area (Å²) in [5.74, 6) is 1.62. The largest absolute Gasteiger partial charge is 0.493 e. The predicted molar refractivity (Wildman–Crippen MR) is 159 cm³/mol. The molecule has 0 aliphatic carbocycles. The lowest BCUT2D eigenvalue weighted by Gasteiger charge is -2.24. The minimum Gasteiger partial charge on any atom is -0.493 e. The van der Waals surface area contributed by atoms with Gasteiger partial charge < -0.3 is 14.2 Å². The molecule has 7 heteroatoms. The molecule has 0 aromatic heterocycles. The summed E-state index contributed by atoms with van der Waals surface area (Å²) in [4.78, 5) is 0. The summed E-state index contributed by atoms with van der Waals surface area (Å²) in [6.07, 6.45) is 6.47. The van der Waals surface area contributed by atoms with Gasteiger partial charge in [0.05, 0.1) is 17.4 Å². The van der Waals surface area contributed by atoms with Gasteiger partial charge in [0.1, 0.15) is 36.4 Å². The molecule has 0 N–H and O–H groups in total. The zero-order valence-corrected chi connectivity index (χ0v) is 23.3. The van der Waals surface area contributed by atoms with Crippen molar-refractivity contribution in [2.45, 2.75) is 58.1 Å². The van der Waals surface area contributed by atoms with Crippen LogP contribution in [-0.2, 0) is 22.7 Å². The van der Waals surface area contributed by atoms with Gasteiger partial charge in [-0.15, -0.1) is 0 Å². The lowest BCUT2D eigenvalue weighted by molar-refractivity contribution is 0.186.